The van der Waals surface area contributed by atoms with Gasteiger partial charge in [-0.25, -0.2) is 0 Å². The van der Waals surface area contributed by atoms with Gasteiger partial charge in [0.2, 0.25) is 11.8 Å². The van der Waals surface area contributed by atoms with E-state index >= 15 is 0 Å². The second-order valence-corrected chi connectivity index (χ2v) is 8.28. The highest BCUT2D eigenvalue weighted by molar-refractivity contribution is 5.97. The minimum atomic E-state index is -0.0302. The summed E-state index contributed by atoms with van der Waals surface area (Å²) < 4.78 is 11.9. The third-order valence-electron chi connectivity index (χ3n) is 6.07. The lowest BCUT2D eigenvalue weighted by atomic mass is 10.1. The van der Waals surface area contributed by atoms with E-state index in [1.165, 1.54) is 0 Å². The molecule has 2 aromatic carbocycles. The molecule has 0 aliphatic carbocycles. The van der Waals surface area contributed by atoms with Crippen molar-refractivity contribution in [3.05, 3.63) is 53.6 Å². The fourth-order valence-electron chi connectivity index (χ4n) is 4.31. The summed E-state index contributed by atoms with van der Waals surface area (Å²) in [5, 5.41) is 0. The zero-order chi connectivity index (χ0) is 21.8. The summed E-state index contributed by atoms with van der Waals surface area (Å²) in [6, 6.07) is 13.7. The molecule has 0 saturated carbocycles. The summed E-state index contributed by atoms with van der Waals surface area (Å²) in [6.45, 7) is 6.46. The highest BCUT2D eigenvalue weighted by atomic mass is 16.5. The van der Waals surface area contributed by atoms with Gasteiger partial charge in [-0.1, -0.05) is 30.3 Å². The average molecular weight is 423 g/mol. The van der Waals surface area contributed by atoms with E-state index in [1.807, 2.05) is 35.2 Å². The summed E-state index contributed by atoms with van der Waals surface area (Å²) in [7, 11) is 0. The lowest BCUT2D eigenvalue weighted by Crippen LogP contribution is -2.43. The van der Waals surface area contributed by atoms with E-state index in [0.717, 1.165) is 41.2 Å². The second-order valence-electron chi connectivity index (χ2n) is 8.28. The van der Waals surface area contributed by atoms with Crippen molar-refractivity contribution in [3.8, 4) is 11.5 Å². The standard InChI is InChI=1S/C25H30N2O4/c1-18-6-5-7-19(2)25(18)31-20-12-14-26(15-13-20)23(28)10-11-24(29)27-16-17-30-22-9-4-3-8-21(22)27/h3-9,20H,10-17H2,1-2H3. The molecular formula is C25H30N2O4. The highest BCUT2D eigenvalue weighted by Gasteiger charge is 2.27. The van der Waals surface area contributed by atoms with E-state index in [-0.39, 0.29) is 30.8 Å². The molecule has 1 fully saturated rings. The van der Waals surface area contributed by atoms with Crippen LogP contribution in [0.15, 0.2) is 42.5 Å². The number of hydrogen-bond donors (Lipinski definition) is 0. The van der Waals surface area contributed by atoms with Crippen LogP contribution >= 0.6 is 0 Å². The minimum Gasteiger partial charge on any atom is -0.490 e. The van der Waals surface area contributed by atoms with Crippen LogP contribution in [0, 0.1) is 13.8 Å². The van der Waals surface area contributed by atoms with Crippen molar-refractivity contribution in [2.45, 2.75) is 45.6 Å². The van der Waals surface area contributed by atoms with Crippen LogP contribution in [0.2, 0.25) is 0 Å². The molecule has 0 bridgehead atoms. The van der Waals surface area contributed by atoms with Crippen LogP contribution in [0.1, 0.15) is 36.8 Å². The van der Waals surface area contributed by atoms with Gasteiger partial charge in [-0.3, -0.25) is 9.59 Å². The van der Waals surface area contributed by atoms with Crippen molar-refractivity contribution in [2.24, 2.45) is 0 Å². The molecule has 2 aliphatic rings. The van der Waals surface area contributed by atoms with E-state index in [0.29, 0.717) is 26.2 Å². The summed E-state index contributed by atoms with van der Waals surface area (Å²) in [5.41, 5.74) is 3.07. The second kappa shape index (κ2) is 9.41. The maximum atomic E-state index is 12.7. The molecule has 6 heteroatoms. The number of rotatable bonds is 5. The number of nitrogens with zero attached hydrogens (tertiary/aromatic N) is 2. The number of carbonyl (C=O) groups excluding carboxylic acids is 2. The Morgan fingerprint density at radius 1 is 0.935 bits per heavy atom. The summed E-state index contributed by atoms with van der Waals surface area (Å²) >= 11 is 0. The number of anilines is 1. The van der Waals surface area contributed by atoms with Crippen LogP contribution in [0.25, 0.3) is 0 Å². The Morgan fingerprint density at radius 3 is 2.35 bits per heavy atom. The van der Waals surface area contributed by atoms with Gasteiger partial charge >= 0.3 is 0 Å². The first kappa shape index (κ1) is 21.2. The summed E-state index contributed by atoms with van der Waals surface area (Å²) in [4.78, 5) is 29.0. The number of benzene rings is 2. The Morgan fingerprint density at radius 2 is 1.61 bits per heavy atom. The molecule has 2 aromatic rings. The first-order valence-electron chi connectivity index (χ1n) is 11.1. The van der Waals surface area contributed by atoms with E-state index in [4.69, 9.17) is 9.47 Å². The monoisotopic (exact) mass is 422 g/mol. The Bertz CT molecular complexity index is 930. The maximum absolute atomic E-state index is 12.7. The van der Waals surface area contributed by atoms with E-state index in [2.05, 4.69) is 26.0 Å². The normalized spacial score (nSPS) is 16.5. The quantitative estimate of drug-likeness (QED) is 0.734. The van der Waals surface area contributed by atoms with Gasteiger partial charge in [0.1, 0.15) is 24.2 Å². The van der Waals surface area contributed by atoms with Gasteiger partial charge in [0, 0.05) is 38.8 Å². The van der Waals surface area contributed by atoms with Gasteiger partial charge in [-0.15, -0.1) is 0 Å². The third-order valence-corrected chi connectivity index (χ3v) is 6.07. The zero-order valence-electron chi connectivity index (χ0n) is 18.3. The number of likely N-dealkylation sites (tertiary alicyclic amines) is 1. The van der Waals surface area contributed by atoms with Gasteiger partial charge < -0.3 is 19.3 Å². The largest absolute Gasteiger partial charge is 0.490 e. The van der Waals surface area contributed by atoms with Crippen molar-refractivity contribution in [1.29, 1.82) is 0 Å². The molecule has 0 radical (unpaired) electrons. The third kappa shape index (κ3) is 4.84. The van der Waals surface area contributed by atoms with Crippen molar-refractivity contribution < 1.29 is 19.1 Å². The number of piperidine rings is 1. The van der Waals surface area contributed by atoms with Crippen LogP contribution in [-0.4, -0.2) is 49.1 Å². The molecule has 1 saturated heterocycles. The predicted molar refractivity (Wildman–Crippen MR) is 120 cm³/mol. The van der Waals surface area contributed by atoms with E-state index in [1.54, 1.807) is 4.90 Å². The first-order valence-corrected chi connectivity index (χ1v) is 11.1. The number of ether oxygens (including phenoxy) is 2. The zero-order valence-corrected chi connectivity index (χ0v) is 18.3. The van der Waals surface area contributed by atoms with Crippen LogP contribution in [0.4, 0.5) is 5.69 Å². The molecular weight excluding hydrogens is 392 g/mol. The van der Waals surface area contributed by atoms with Crippen molar-refractivity contribution in [2.75, 3.05) is 31.1 Å². The molecule has 2 aliphatic heterocycles. The van der Waals surface area contributed by atoms with Gasteiger partial charge in [0.05, 0.1) is 12.2 Å². The molecule has 0 spiro atoms. The number of para-hydroxylation sites is 3. The van der Waals surface area contributed by atoms with Crippen LogP contribution in [0.5, 0.6) is 11.5 Å². The average Bonchev–Trinajstić information content (AvgIpc) is 2.80. The molecule has 2 heterocycles. The fraction of sp³-hybridized carbons (Fsp3) is 0.440. The minimum absolute atomic E-state index is 0.0302. The summed E-state index contributed by atoms with van der Waals surface area (Å²) in [5.74, 6) is 1.70. The molecule has 0 atom stereocenters. The molecule has 6 nitrogen and oxygen atoms in total. The number of fused-ring (bicyclic) bond motifs is 1. The van der Waals surface area contributed by atoms with Gasteiger partial charge in [0.25, 0.3) is 0 Å². The smallest absolute Gasteiger partial charge is 0.227 e. The molecule has 4 rings (SSSR count). The van der Waals surface area contributed by atoms with Crippen LogP contribution in [-0.2, 0) is 9.59 Å². The predicted octanol–water partition coefficient (Wildman–Crippen LogP) is 3.88. The summed E-state index contributed by atoms with van der Waals surface area (Å²) in [6.07, 6.45) is 2.19. The topological polar surface area (TPSA) is 59.1 Å². The van der Waals surface area contributed by atoms with Crippen molar-refractivity contribution >= 4 is 17.5 Å². The molecule has 0 unspecified atom stereocenters. The highest BCUT2D eigenvalue weighted by Crippen LogP contribution is 2.31. The Kier molecular flexibility index (Phi) is 6.44. The number of carbonyl (C=O) groups is 2. The number of amides is 2. The maximum Gasteiger partial charge on any atom is 0.227 e. The van der Waals surface area contributed by atoms with E-state index < -0.39 is 0 Å². The SMILES string of the molecule is Cc1cccc(C)c1OC1CCN(C(=O)CCC(=O)N2CCOc3ccccc32)CC1. The number of hydrogen-bond acceptors (Lipinski definition) is 4. The van der Waals surface area contributed by atoms with Crippen molar-refractivity contribution in [3.63, 3.8) is 0 Å². The molecule has 0 aromatic heterocycles. The van der Waals surface area contributed by atoms with Crippen LogP contribution in [0.3, 0.4) is 0 Å². The van der Waals surface area contributed by atoms with E-state index in [9.17, 15) is 9.59 Å². The van der Waals surface area contributed by atoms with Crippen LogP contribution < -0.4 is 14.4 Å². The lowest BCUT2D eigenvalue weighted by Gasteiger charge is -2.33. The fourth-order valence-corrected chi connectivity index (χ4v) is 4.31. The molecule has 164 valence electrons. The number of aryl methyl sites for hydroxylation is 2. The van der Waals surface area contributed by atoms with Gasteiger partial charge in [-0.05, 0) is 37.1 Å². The molecule has 2 amide bonds. The molecule has 0 N–H and O–H groups in total. The Labute approximate surface area is 183 Å². The Balaban J connectivity index is 1.26. The van der Waals surface area contributed by atoms with Crippen molar-refractivity contribution in [1.82, 2.24) is 4.90 Å². The van der Waals surface area contributed by atoms with Gasteiger partial charge in [0.15, 0.2) is 0 Å². The lowest BCUT2D eigenvalue weighted by molar-refractivity contribution is -0.134. The molecule has 31 heavy (non-hydrogen) atoms. The van der Waals surface area contributed by atoms with Gasteiger partial charge in [-0.2, -0.15) is 0 Å². The Hall–Kier alpha value is -3.02. The first-order chi connectivity index (χ1) is 15.0.